The molecule has 3 aromatic carbocycles. The Bertz CT molecular complexity index is 1470. The molecule has 2 amide bonds. The van der Waals surface area contributed by atoms with Gasteiger partial charge in [-0.25, -0.2) is 8.42 Å². The number of anilines is 1. The van der Waals surface area contributed by atoms with E-state index >= 15 is 0 Å². The molecule has 224 valence electrons. The maximum absolute atomic E-state index is 14.2. The Morgan fingerprint density at radius 3 is 2.21 bits per heavy atom. The number of hydrogen-bond acceptors (Lipinski definition) is 4. The Morgan fingerprint density at radius 1 is 0.881 bits per heavy atom. The molecule has 7 nitrogen and oxygen atoms in total. The maximum atomic E-state index is 14.2. The first-order valence-electron chi connectivity index (χ1n) is 14.9. The lowest BCUT2D eigenvalue weighted by molar-refractivity contribution is -0.139. The molecule has 0 radical (unpaired) electrons. The third-order valence-corrected chi connectivity index (χ3v) is 10.1. The second kappa shape index (κ2) is 14.0. The van der Waals surface area contributed by atoms with Crippen molar-refractivity contribution in [3.05, 3.63) is 95.1 Å². The molecule has 0 spiro atoms. The summed E-state index contributed by atoms with van der Waals surface area (Å²) in [5.41, 5.74) is 4.12. The Morgan fingerprint density at radius 2 is 1.55 bits per heavy atom. The lowest BCUT2D eigenvalue weighted by Gasteiger charge is -2.33. The van der Waals surface area contributed by atoms with Gasteiger partial charge in [-0.1, -0.05) is 79.4 Å². The van der Waals surface area contributed by atoms with Gasteiger partial charge < -0.3 is 10.2 Å². The molecule has 0 bridgehead atoms. The third-order valence-electron chi connectivity index (χ3n) is 8.34. The van der Waals surface area contributed by atoms with Gasteiger partial charge in [-0.05, 0) is 81.8 Å². The van der Waals surface area contributed by atoms with Gasteiger partial charge in [0.25, 0.3) is 10.0 Å². The molecule has 1 N–H and O–H groups in total. The van der Waals surface area contributed by atoms with Crippen molar-refractivity contribution in [1.82, 2.24) is 10.2 Å². The van der Waals surface area contributed by atoms with Crippen molar-refractivity contribution < 1.29 is 18.0 Å². The minimum absolute atomic E-state index is 0.105. The number of nitrogens with zero attached hydrogens (tertiary/aromatic N) is 2. The summed E-state index contributed by atoms with van der Waals surface area (Å²) in [6.07, 6.45) is 5.75. The summed E-state index contributed by atoms with van der Waals surface area (Å²) in [7, 11) is -4.09. The van der Waals surface area contributed by atoms with Crippen LogP contribution in [0.15, 0.2) is 77.7 Å². The highest BCUT2D eigenvalue weighted by atomic mass is 32.2. The van der Waals surface area contributed by atoms with Crippen molar-refractivity contribution in [3.63, 3.8) is 0 Å². The quantitative estimate of drug-likeness (QED) is 0.310. The molecule has 4 rings (SSSR count). The molecule has 3 aromatic rings. The van der Waals surface area contributed by atoms with E-state index in [-0.39, 0.29) is 23.4 Å². The zero-order chi connectivity index (χ0) is 30.3. The van der Waals surface area contributed by atoms with E-state index in [2.05, 4.69) is 5.32 Å². The highest BCUT2D eigenvalue weighted by Gasteiger charge is 2.33. The average Bonchev–Trinajstić information content (AvgIpc) is 2.98. The number of rotatable bonds is 11. The first-order chi connectivity index (χ1) is 20.1. The van der Waals surface area contributed by atoms with Gasteiger partial charge in [0.1, 0.15) is 12.6 Å². The number of carbonyl (C=O) groups is 2. The molecular weight excluding hydrogens is 546 g/mol. The van der Waals surface area contributed by atoms with E-state index in [1.54, 1.807) is 43.3 Å². The standard InChI is InChI=1S/C34H43N3O4S/c1-25-18-20-31(21-19-25)42(40,41)37(32-17-11-12-26(2)27(32)3)24-33(38)36(23-22-29-13-7-5-8-14-29)28(4)34(39)35-30-15-9-6-10-16-30/h5,7-8,11-14,17-21,28,30H,6,9-10,15-16,22-24H2,1-4H3,(H,35,39). The van der Waals surface area contributed by atoms with Crippen molar-refractivity contribution >= 4 is 27.5 Å². The molecule has 1 unspecified atom stereocenters. The maximum Gasteiger partial charge on any atom is 0.264 e. The fourth-order valence-electron chi connectivity index (χ4n) is 5.50. The van der Waals surface area contributed by atoms with Gasteiger partial charge in [-0.3, -0.25) is 13.9 Å². The van der Waals surface area contributed by atoms with Crippen molar-refractivity contribution in [1.29, 1.82) is 0 Å². The van der Waals surface area contributed by atoms with E-state index in [1.807, 2.05) is 57.2 Å². The SMILES string of the molecule is Cc1ccc(S(=O)(=O)N(CC(=O)N(CCc2ccccc2)C(C)C(=O)NC2CCCCC2)c2cccc(C)c2C)cc1. The molecular formula is C34H43N3O4S. The lowest BCUT2D eigenvalue weighted by Crippen LogP contribution is -2.53. The predicted molar refractivity (Wildman–Crippen MR) is 168 cm³/mol. The summed E-state index contributed by atoms with van der Waals surface area (Å²) < 4.78 is 29.4. The third kappa shape index (κ3) is 7.59. The largest absolute Gasteiger partial charge is 0.352 e. The van der Waals surface area contributed by atoms with Gasteiger partial charge in [0.05, 0.1) is 10.6 Å². The minimum Gasteiger partial charge on any atom is -0.352 e. The Kier molecular flexibility index (Phi) is 10.4. The van der Waals surface area contributed by atoms with Crippen LogP contribution in [-0.4, -0.2) is 50.3 Å². The summed E-state index contributed by atoms with van der Waals surface area (Å²) in [5.74, 6) is -0.628. The van der Waals surface area contributed by atoms with E-state index in [9.17, 15) is 18.0 Å². The summed E-state index contributed by atoms with van der Waals surface area (Å²) in [4.78, 5) is 29.2. The monoisotopic (exact) mass is 589 g/mol. The molecule has 8 heteroatoms. The minimum atomic E-state index is -4.09. The lowest BCUT2D eigenvalue weighted by atomic mass is 9.95. The number of aryl methyl sites for hydroxylation is 2. The molecule has 1 fully saturated rings. The van der Waals surface area contributed by atoms with Crippen LogP contribution in [0.1, 0.15) is 61.3 Å². The van der Waals surface area contributed by atoms with Crippen LogP contribution in [0, 0.1) is 20.8 Å². The highest BCUT2D eigenvalue weighted by molar-refractivity contribution is 7.92. The normalized spacial score (nSPS) is 14.7. The van der Waals surface area contributed by atoms with Gasteiger partial charge in [0.2, 0.25) is 11.8 Å². The highest BCUT2D eigenvalue weighted by Crippen LogP contribution is 2.29. The predicted octanol–water partition coefficient (Wildman–Crippen LogP) is 5.72. The van der Waals surface area contributed by atoms with E-state index in [1.165, 1.54) is 15.6 Å². The van der Waals surface area contributed by atoms with Gasteiger partial charge in [0, 0.05) is 12.6 Å². The molecule has 1 atom stereocenters. The second-order valence-electron chi connectivity index (χ2n) is 11.4. The van der Waals surface area contributed by atoms with Crippen LogP contribution in [0.3, 0.4) is 0 Å². The topological polar surface area (TPSA) is 86.8 Å². The van der Waals surface area contributed by atoms with Crippen molar-refractivity contribution in [2.24, 2.45) is 0 Å². The molecule has 1 aliphatic carbocycles. The summed E-state index contributed by atoms with van der Waals surface area (Å²) in [6, 6.07) is 21.2. The first kappa shape index (κ1) is 31.3. The summed E-state index contributed by atoms with van der Waals surface area (Å²) >= 11 is 0. The second-order valence-corrected chi connectivity index (χ2v) is 13.2. The zero-order valence-electron chi connectivity index (χ0n) is 25.2. The zero-order valence-corrected chi connectivity index (χ0v) is 26.0. The van der Waals surface area contributed by atoms with Crippen LogP contribution in [0.2, 0.25) is 0 Å². The molecule has 0 aromatic heterocycles. The van der Waals surface area contributed by atoms with Gasteiger partial charge in [-0.15, -0.1) is 0 Å². The van der Waals surface area contributed by atoms with Gasteiger partial charge in [-0.2, -0.15) is 0 Å². The first-order valence-corrected chi connectivity index (χ1v) is 16.3. The number of sulfonamides is 1. The number of hydrogen-bond donors (Lipinski definition) is 1. The van der Waals surface area contributed by atoms with E-state index in [0.717, 1.165) is 47.9 Å². The summed E-state index contributed by atoms with van der Waals surface area (Å²) in [5, 5.41) is 3.15. The fraction of sp³-hybridized carbons (Fsp3) is 0.412. The van der Waals surface area contributed by atoms with Gasteiger partial charge in [0.15, 0.2) is 0 Å². The Labute approximate surface area is 251 Å². The van der Waals surface area contributed by atoms with Crippen LogP contribution in [0.4, 0.5) is 5.69 Å². The van der Waals surface area contributed by atoms with Crippen LogP contribution in [0.25, 0.3) is 0 Å². The van der Waals surface area contributed by atoms with E-state index < -0.39 is 28.5 Å². The van der Waals surface area contributed by atoms with Crippen LogP contribution in [-0.2, 0) is 26.0 Å². The molecule has 1 saturated carbocycles. The number of benzene rings is 3. The number of amides is 2. The van der Waals surface area contributed by atoms with Crippen molar-refractivity contribution in [2.75, 3.05) is 17.4 Å². The molecule has 0 heterocycles. The van der Waals surface area contributed by atoms with Gasteiger partial charge >= 0.3 is 0 Å². The van der Waals surface area contributed by atoms with Crippen LogP contribution < -0.4 is 9.62 Å². The van der Waals surface area contributed by atoms with E-state index in [0.29, 0.717) is 12.1 Å². The molecule has 0 aliphatic heterocycles. The Balaban J connectivity index is 1.67. The van der Waals surface area contributed by atoms with Crippen LogP contribution >= 0.6 is 0 Å². The number of carbonyl (C=O) groups excluding carboxylic acids is 2. The van der Waals surface area contributed by atoms with Crippen molar-refractivity contribution in [3.8, 4) is 0 Å². The van der Waals surface area contributed by atoms with E-state index in [4.69, 9.17) is 0 Å². The fourth-order valence-corrected chi connectivity index (χ4v) is 6.97. The average molecular weight is 590 g/mol. The number of nitrogens with one attached hydrogen (secondary N) is 1. The Hall–Kier alpha value is -3.65. The summed E-state index contributed by atoms with van der Waals surface area (Å²) in [6.45, 7) is 7.27. The molecule has 0 saturated heterocycles. The van der Waals surface area contributed by atoms with Crippen molar-refractivity contribution in [2.45, 2.75) is 83.2 Å². The molecule has 42 heavy (non-hydrogen) atoms. The molecule has 1 aliphatic rings. The smallest absolute Gasteiger partial charge is 0.264 e. The van der Waals surface area contributed by atoms with Crippen LogP contribution in [0.5, 0.6) is 0 Å².